The van der Waals surface area contributed by atoms with Gasteiger partial charge in [-0.3, -0.25) is 4.79 Å². The molecule has 1 N–H and O–H groups in total. The normalized spacial score (nSPS) is 10.8. The third-order valence-electron chi connectivity index (χ3n) is 3.88. The van der Waals surface area contributed by atoms with Crippen LogP contribution in [0.2, 0.25) is 5.02 Å². The molecule has 0 unspecified atom stereocenters. The van der Waals surface area contributed by atoms with Gasteiger partial charge in [0.15, 0.2) is 8.29 Å². The molecule has 4 rings (SSSR count). The van der Waals surface area contributed by atoms with Crippen LogP contribution in [0.25, 0.3) is 5.69 Å². The SMILES string of the molecule is O=C(NCc1ccccc1)c1nnc(CSc2nn(-c3ccc(Cl)cc3)c(=S)s2)s1. The molecule has 0 aliphatic rings. The summed E-state index contributed by atoms with van der Waals surface area (Å²) in [6.45, 7) is 0.453. The van der Waals surface area contributed by atoms with Crippen LogP contribution in [0, 0.1) is 3.95 Å². The van der Waals surface area contributed by atoms with Crippen molar-refractivity contribution in [2.75, 3.05) is 0 Å². The summed E-state index contributed by atoms with van der Waals surface area (Å²) in [6, 6.07) is 17.1. The molecule has 1 amide bonds. The molecule has 0 saturated heterocycles. The van der Waals surface area contributed by atoms with Crippen molar-refractivity contribution >= 4 is 64.2 Å². The summed E-state index contributed by atoms with van der Waals surface area (Å²) in [5, 5.41) is 17.3. The number of carbonyl (C=O) groups is 1. The van der Waals surface area contributed by atoms with Gasteiger partial charge in [0.2, 0.25) is 5.01 Å². The van der Waals surface area contributed by atoms with Crippen LogP contribution in [0.15, 0.2) is 58.9 Å². The van der Waals surface area contributed by atoms with Gasteiger partial charge in [-0.25, -0.2) is 4.68 Å². The van der Waals surface area contributed by atoms with Crippen molar-refractivity contribution in [1.29, 1.82) is 0 Å². The van der Waals surface area contributed by atoms with Gasteiger partial charge in [-0.05, 0) is 42.0 Å². The fraction of sp³-hybridized carbons (Fsp3) is 0.105. The third kappa shape index (κ3) is 5.32. The number of amides is 1. The first-order chi connectivity index (χ1) is 14.6. The van der Waals surface area contributed by atoms with Crippen molar-refractivity contribution in [3.05, 3.63) is 79.2 Å². The van der Waals surface area contributed by atoms with E-state index in [-0.39, 0.29) is 5.91 Å². The second kappa shape index (κ2) is 9.80. The molecule has 0 aliphatic heterocycles. The second-order valence-electron chi connectivity index (χ2n) is 5.98. The van der Waals surface area contributed by atoms with Crippen LogP contribution in [0.4, 0.5) is 0 Å². The number of nitrogens with one attached hydrogen (secondary N) is 1. The summed E-state index contributed by atoms with van der Waals surface area (Å²) < 4.78 is 3.18. The molecule has 0 saturated carbocycles. The van der Waals surface area contributed by atoms with Crippen LogP contribution < -0.4 is 5.32 Å². The van der Waals surface area contributed by atoms with Gasteiger partial charge in [-0.2, -0.15) is 0 Å². The predicted molar refractivity (Wildman–Crippen MR) is 124 cm³/mol. The Bertz CT molecular complexity index is 1200. The van der Waals surface area contributed by atoms with Crippen LogP contribution in [0.1, 0.15) is 20.4 Å². The maximum atomic E-state index is 12.3. The smallest absolute Gasteiger partial charge is 0.282 e. The molecular weight excluding hydrogens is 478 g/mol. The van der Waals surface area contributed by atoms with E-state index in [1.54, 1.807) is 16.8 Å². The molecule has 0 spiro atoms. The van der Waals surface area contributed by atoms with Crippen molar-refractivity contribution < 1.29 is 4.79 Å². The highest BCUT2D eigenvalue weighted by molar-refractivity contribution is 8.00. The lowest BCUT2D eigenvalue weighted by Crippen LogP contribution is -2.22. The summed E-state index contributed by atoms with van der Waals surface area (Å²) in [4.78, 5) is 12.3. The summed E-state index contributed by atoms with van der Waals surface area (Å²) in [5.74, 6) is 0.335. The minimum absolute atomic E-state index is 0.227. The Labute approximate surface area is 195 Å². The highest BCUT2D eigenvalue weighted by Gasteiger charge is 2.14. The predicted octanol–water partition coefficient (Wildman–Crippen LogP) is 5.39. The molecule has 30 heavy (non-hydrogen) atoms. The highest BCUT2D eigenvalue weighted by Crippen LogP contribution is 2.28. The van der Waals surface area contributed by atoms with Crippen LogP contribution in [-0.4, -0.2) is 25.9 Å². The fourth-order valence-electron chi connectivity index (χ4n) is 2.45. The first-order valence-corrected chi connectivity index (χ1v) is 12.1. The summed E-state index contributed by atoms with van der Waals surface area (Å²) in [5.41, 5.74) is 1.89. The van der Waals surface area contributed by atoms with E-state index >= 15 is 0 Å². The number of benzene rings is 2. The van der Waals surface area contributed by atoms with Gasteiger partial charge in [0, 0.05) is 11.6 Å². The van der Waals surface area contributed by atoms with Crippen molar-refractivity contribution in [3.63, 3.8) is 0 Å². The molecule has 0 fully saturated rings. The fourth-order valence-corrected chi connectivity index (χ4v) is 5.67. The quantitative estimate of drug-likeness (QED) is 0.276. The Morgan fingerprint density at radius 2 is 1.87 bits per heavy atom. The number of thioether (sulfide) groups is 1. The van der Waals surface area contributed by atoms with E-state index in [1.165, 1.54) is 34.4 Å². The van der Waals surface area contributed by atoms with Crippen molar-refractivity contribution in [1.82, 2.24) is 25.3 Å². The van der Waals surface area contributed by atoms with Gasteiger partial charge in [-0.15, -0.1) is 15.3 Å². The van der Waals surface area contributed by atoms with Crippen molar-refractivity contribution in [2.45, 2.75) is 16.6 Å². The van der Waals surface area contributed by atoms with Gasteiger partial charge < -0.3 is 5.32 Å². The van der Waals surface area contributed by atoms with E-state index < -0.39 is 0 Å². The zero-order chi connectivity index (χ0) is 20.9. The van der Waals surface area contributed by atoms with E-state index in [0.29, 0.717) is 26.3 Å². The Morgan fingerprint density at radius 1 is 1.10 bits per heavy atom. The molecule has 11 heteroatoms. The number of hydrogen-bond donors (Lipinski definition) is 1. The molecule has 0 bridgehead atoms. The number of carbonyl (C=O) groups excluding carboxylic acids is 1. The molecule has 2 aromatic heterocycles. The monoisotopic (exact) mass is 491 g/mol. The molecule has 0 aliphatic carbocycles. The van der Waals surface area contributed by atoms with Crippen LogP contribution in [0.5, 0.6) is 0 Å². The number of halogens is 1. The van der Waals surface area contributed by atoms with E-state index in [1.807, 2.05) is 42.5 Å². The molecule has 2 heterocycles. The second-order valence-corrected chi connectivity index (χ2v) is 10.3. The lowest BCUT2D eigenvalue weighted by molar-refractivity contribution is 0.0950. The third-order valence-corrected chi connectivity index (χ3v) is 7.61. The Balaban J connectivity index is 1.35. The van der Waals surface area contributed by atoms with Gasteiger partial charge in [0.25, 0.3) is 5.91 Å². The minimum atomic E-state index is -0.227. The lowest BCUT2D eigenvalue weighted by atomic mass is 10.2. The summed E-state index contributed by atoms with van der Waals surface area (Å²) in [6.07, 6.45) is 0. The average Bonchev–Trinajstić information content (AvgIpc) is 3.38. The molecule has 4 aromatic rings. The zero-order valence-corrected chi connectivity index (χ0v) is 19.3. The Kier molecular flexibility index (Phi) is 6.90. The van der Waals surface area contributed by atoms with Crippen LogP contribution in [-0.2, 0) is 12.3 Å². The largest absolute Gasteiger partial charge is 0.346 e. The number of rotatable bonds is 7. The molecule has 152 valence electrons. The standard InChI is InChI=1S/C19H14ClN5OS4/c20-13-6-8-14(9-7-13)25-19(27)30-18(24-25)28-11-15-22-23-17(29-15)16(26)21-10-12-4-2-1-3-5-12/h1-9H,10-11H2,(H,21,26). The average molecular weight is 492 g/mol. The number of nitrogens with zero attached hydrogens (tertiary/aromatic N) is 4. The minimum Gasteiger partial charge on any atom is -0.346 e. The number of hydrogen-bond acceptors (Lipinski definition) is 8. The molecule has 0 atom stereocenters. The number of aromatic nitrogens is 4. The van der Waals surface area contributed by atoms with E-state index in [9.17, 15) is 4.79 Å². The van der Waals surface area contributed by atoms with E-state index in [2.05, 4.69) is 20.6 Å². The van der Waals surface area contributed by atoms with Gasteiger partial charge in [0.05, 0.1) is 11.4 Å². The first kappa shape index (κ1) is 21.1. The van der Waals surface area contributed by atoms with Crippen molar-refractivity contribution in [2.24, 2.45) is 0 Å². The molecule has 6 nitrogen and oxygen atoms in total. The summed E-state index contributed by atoms with van der Waals surface area (Å²) >= 11 is 15.6. The van der Waals surface area contributed by atoms with E-state index in [4.69, 9.17) is 23.8 Å². The first-order valence-electron chi connectivity index (χ1n) is 8.72. The van der Waals surface area contributed by atoms with Gasteiger partial charge >= 0.3 is 0 Å². The maximum Gasteiger partial charge on any atom is 0.282 e. The van der Waals surface area contributed by atoms with E-state index in [0.717, 1.165) is 20.6 Å². The van der Waals surface area contributed by atoms with Gasteiger partial charge in [-0.1, -0.05) is 76.4 Å². The topological polar surface area (TPSA) is 72.7 Å². The Hall–Kier alpha value is -2.11. The zero-order valence-electron chi connectivity index (χ0n) is 15.3. The molecule has 2 aromatic carbocycles. The maximum absolute atomic E-state index is 12.3. The highest BCUT2D eigenvalue weighted by atomic mass is 35.5. The van der Waals surface area contributed by atoms with Crippen molar-refractivity contribution in [3.8, 4) is 5.69 Å². The molecular formula is C19H14ClN5OS4. The van der Waals surface area contributed by atoms with Gasteiger partial charge in [0.1, 0.15) is 5.01 Å². The Morgan fingerprint density at radius 3 is 2.63 bits per heavy atom. The lowest BCUT2D eigenvalue weighted by Gasteiger charge is -2.02. The van der Waals surface area contributed by atoms with Crippen LogP contribution >= 0.6 is 58.3 Å². The summed E-state index contributed by atoms with van der Waals surface area (Å²) in [7, 11) is 0. The van der Waals surface area contributed by atoms with Crippen LogP contribution in [0.3, 0.4) is 0 Å². The molecule has 0 radical (unpaired) electrons.